The zero-order valence-corrected chi connectivity index (χ0v) is 17.1. The number of halogens is 2. The van der Waals surface area contributed by atoms with E-state index >= 15 is 0 Å². The van der Waals surface area contributed by atoms with Gasteiger partial charge in [-0.15, -0.1) is 0 Å². The summed E-state index contributed by atoms with van der Waals surface area (Å²) >= 11 is 12.6. The maximum absolute atomic E-state index is 13.0. The van der Waals surface area contributed by atoms with Crippen LogP contribution in [0.5, 0.6) is 0 Å². The lowest BCUT2D eigenvalue weighted by Gasteiger charge is -2.12. The molecule has 0 spiro atoms. The summed E-state index contributed by atoms with van der Waals surface area (Å²) in [5.41, 5.74) is 2.20. The number of pyridine rings is 2. The molecule has 1 N–H and O–H groups in total. The molecule has 0 saturated carbocycles. The molecular formula is C21H17Cl2N5O. The maximum Gasteiger partial charge on any atom is 0.259 e. The van der Waals surface area contributed by atoms with Crippen molar-refractivity contribution in [3.63, 3.8) is 0 Å². The highest BCUT2D eigenvalue weighted by Crippen LogP contribution is 2.33. The summed E-state index contributed by atoms with van der Waals surface area (Å²) < 4.78 is 1.48. The molecular weight excluding hydrogens is 409 g/mol. The average molecular weight is 426 g/mol. The van der Waals surface area contributed by atoms with Gasteiger partial charge in [0, 0.05) is 49.1 Å². The van der Waals surface area contributed by atoms with Gasteiger partial charge in [-0.05, 0) is 30.3 Å². The van der Waals surface area contributed by atoms with E-state index in [1.807, 2.05) is 18.2 Å². The fraction of sp³-hybridized carbons (Fsp3) is 0.143. The largest absolute Gasteiger partial charge is 0.354 e. The minimum absolute atomic E-state index is 0.231. The second-order valence-corrected chi connectivity index (χ2v) is 7.30. The normalized spacial score (nSPS) is 11.0. The SMILES string of the molecule is Cn1c(=O)c(-c2c(Cl)cccc2Cl)cc2cnc(NCCc3ccccn3)nc21. The molecule has 146 valence electrons. The number of benzene rings is 1. The van der Waals surface area contributed by atoms with Crippen LogP contribution in [0, 0.1) is 0 Å². The molecule has 0 unspecified atom stereocenters. The van der Waals surface area contributed by atoms with Gasteiger partial charge in [-0.3, -0.25) is 14.3 Å². The highest BCUT2D eigenvalue weighted by molar-refractivity contribution is 6.39. The van der Waals surface area contributed by atoms with Gasteiger partial charge in [-0.1, -0.05) is 35.3 Å². The van der Waals surface area contributed by atoms with Crippen molar-refractivity contribution in [1.82, 2.24) is 19.5 Å². The Morgan fingerprint density at radius 2 is 1.86 bits per heavy atom. The van der Waals surface area contributed by atoms with Gasteiger partial charge in [0.1, 0.15) is 5.65 Å². The first-order valence-electron chi connectivity index (χ1n) is 8.99. The number of hydrogen-bond acceptors (Lipinski definition) is 5. The van der Waals surface area contributed by atoms with Crippen molar-refractivity contribution < 1.29 is 0 Å². The summed E-state index contributed by atoms with van der Waals surface area (Å²) in [6, 6.07) is 12.7. The maximum atomic E-state index is 13.0. The Balaban J connectivity index is 1.66. The molecule has 4 rings (SSSR count). The second-order valence-electron chi connectivity index (χ2n) is 6.49. The van der Waals surface area contributed by atoms with E-state index in [0.717, 1.165) is 12.1 Å². The lowest BCUT2D eigenvalue weighted by molar-refractivity contribution is 0.881. The molecule has 0 aliphatic heterocycles. The molecule has 0 saturated heterocycles. The molecule has 4 aromatic rings. The van der Waals surface area contributed by atoms with Crippen LogP contribution in [0.25, 0.3) is 22.2 Å². The Morgan fingerprint density at radius 1 is 1.07 bits per heavy atom. The highest BCUT2D eigenvalue weighted by atomic mass is 35.5. The Kier molecular flexibility index (Phi) is 5.47. The van der Waals surface area contributed by atoms with Crippen LogP contribution in [0.3, 0.4) is 0 Å². The molecule has 1 aromatic carbocycles. The number of hydrogen-bond donors (Lipinski definition) is 1. The average Bonchev–Trinajstić information content (AvgIpc) is 2.72. The van der Waals surface area contributed by atoms with Crippen LogP contribution in [0.1, 0.15) is 5.69 Å². The molecule has 0 atom stereocenters. The van der Waals surface area contributed by atoms with Crippen LogP contribution in [0.4, 0.5) is 5.95 Å². The van der Waals surface area contributed by atoms with Crippen LogP contribution < -0.4 is 10.9 Å². The predicted molar refractivity (Wildman–Crippen MR) is 117 cm³/mol. The van der Waals surface area contributed by atoms with Crippen molar-refractivity contribution in [2.45, 2.75) is 6.42 Å². The van der Waals surface area contributed by atoms with E-state index in [1.165, 1.54) is 4.57 Å². The van der Waals surface area contributed by atoms with Gasteiger partial charge in [-0.25, -0.2) is 4.98 Å². The topological polar surface area (TPSA) is 72.7 Å². The molecule has 8 heteroatoms. The number of rotatable bonds is 5. The van der Waals surface area contributed by atoms with Crippen molar-refractivity contribution in [3.8, 4) is 11.1 Å². The summed E-state index contributed by atoms with van der Waals surface area (Å²) in [7, 11) is 1.67. The molecule has 0 aliphatic carbocycles. The van der Waals surface area contributed by atoms with Crippen LogP contribution in [0.2, 0.25) is 10.0 Å². The first-order valence-corrected chi connectivity index (χ1v) is 9.75. The minimum Gasteiger partial charge on any atom is -0.354 e. The van der Waals surface area contributed by atoms with Gasteiger partial charge in [0.25, 0.3) is 5.56 Å². The van der Waals surface area contributed by atoms with Gasteiger partial charge in [0.2, 0.25) is 5.95 Å². The molecule has 0 radical (unpaired) electrons. The highest BCUT2D eigenvalue weighted by Gasteiger charge is 2.16. The molecule has 0 aliphatic rings. The Bertz CT molecular complexity index is 1220. The zero-order chi connectivity index (χ0) is 20.4. The molecule has 3 aromatic heterocycles. The summed E-state index contributed by atoms with van der Waals surface area (Å²) in [4.78, 5) is 26.1. The third kappa shape index (κ3) is 3.95. The number of aryl methyl sites for hydroxylation is 1. The number of nitrogens with zero attached hydrogens (tertiary/aromatic N) is 4. The standard InChI is InChI=1S/C21H17Cl2N5O/c1-28-19-13(11-15(20(28)29)18-16(22)6-4-7-17(18)23)12-26-21(27-19)25-10-8-14-5-2-3-9-24-14/h2-7,9,11-12H,8,10H2,1H3,(H,25,26,27). The smallest absolute Gasteiger partial charge is 0.259 e. The third-order valence-corrected chi connectivity index (χ3v) is 5.20. The van der Waals surface area contributed by atoms with Crippen molar-refractivity contribution in [2.24, 2.45) is 7.05 Å². The Labute approximate surface area is 177 Å². The van der Waals surface area contributed by atoms with Crippen molar-refractivity contribution >= 4 is 40.2 Å². The number of aromatic nitrogens is 4. The second kappa shape index (κ2) is 8.19. The van der Waals surface area contributed by atoms with E-state index in [2.05, 4.69) is 20.3 Å². The van der Waals surface area contributed by atoms with E-state index in [-0.39, 0.29) is 5.56 Å². The van der Waals surface area contributed by atoms with Gasteiger partial charge < -0.3 is 5.32 Å². The van der Waals surface area contributed by atoms with E-state index in [9.17, 15) is 4.79 Å². The minimum atomic E-state index is -0.231. The third-order valence-electron chi connectivity index (χ3n) is 4.57. The summed E-state index contributed by atoms with van der Waals surface area (Å²) in [6.07, 6.45) is 4.19. The van der Waals surface area contributed by atoms with Crippen molar-refractivity contribution in [2.75, 3.05) is 11.9 Å². The summed E-state index contributed by atoms with van der Waals surface area (Å²) in [5, 5.41) is 4.73. The van der Waals surface area contributed by atoms with E-state index in [1.54, 1.807) is 43.7 Å². The molecule has 0 bridgehead atoms. The van der Waals surface area contributed by atoms with Crippen LogP contribution in [-0.4, -0.2) is 26.1 Å². The first kappa shape index (κ1) is 19.4. The monoisotopic (exact) mass is 425 g/mol. The molecule has 0 fully saturated rings. The van der Waals surface area contributed by atoms with Crippen LogP contribution in [-0.2, 0) is 13.5 Å². The first-order chi connectivity index (χ1) is 14.0. The Morgan fingerprint density at radius 3 is 2.59 bits per heavy atom. The number of nitrogens with one attached hydrogen (secondary N) is 1. The fourth-order valence-electron chi connectivity index (χ4n) is 3.11. The van der Waals surface area contributed by atoms with Gasteiger partial charge >= 0.3 is 0 Å². The summed E-state index contributed by atoms with van der Waals surface area (Å²) in [5.74, 6) is 0.451. The fourth-order valence-corrected chi connectivity index (χ4v) is 3.72. The molecule has 0 amide bonds. The van der Waals surface area contributed by atoms with Gasteiger partial charge in [0.15, 0.2) is 0 Å². The van der Waals surface area contributed by atoms with Gasteiger partial charge in [0.05, 0.1) is 15.6 Å². The number of anilines is 1. The molecule has 6 nitrogen and oxygen atoms in total. The molecule has 29 heavy (non-hydrogen) atoms. The van der Waals surface area contributed by atoms with Crippen molar-refractivity contribution in [1.29, 1.82) is 0 Å². The quantitative estimate of drug-likeness (QED) is 0.514. The Hall–Kier alpha value is -2.96. The van der Waals surface area contributed by atoms with Crippen LogP contribution in [0.15, 0.2) is 59.7 Å². The van der Waals surface area contributed by atoms with E-state index in [0.29, 0.717) is 44.7 Å². The number of fused-ring (bicyclic) bond motifs is 1. The van der Waals surface area contributed by atoms with Gasteiger partial charge in [-0.2, -0.15) is 4.98 Å². The van der Waals surface area contributed by atoms with Crippen molar-refractivity contribution in [3.05, 3.63) is 81.0 Å². The molecule has 3 heterocycles. The lowest BCUT2D eigenvalue weighted by Crippen LogP contribution is -2.20. The van der Waals surface area contributed by atoms with E-state index < -0.39 is 0 Å². The summed E-state index contributed by atoms with van der Waals surface area (Å²) in [6.45, 7) is 0.629. The zero-order valence-electron chi connectivity index (χ0n) is 15.6. The van der Waals surface area contributed by atoms with Crippen LogP contribution >= 0.6 is 23.2 Å². The predicted octanol–water partition coefficient (Wildman–Crippen LogP) is 4.35. The van der Waals surface area contributed by atoms with E-state index in [4.69, 9.17) is 23.2 Å². The lowest BCUT2D eigenvalue weighted by atomic mass is 10.1.